The summed E-state index contributed by atoms with van der Waals surface area (Å²) < 4.78 is 40.3. The van der Waals surface area contributed by atoms with Crippen LogP contribution in [0.4, 0.5) is 13.2 Å². The summed E-state index contributed by atoms with van der Waals surface area (Å²) in [6, 6.07) is 9.90. The van der Waals surface area contributed by atoms with Gasteiger partial charge in [0.15, 0.2) is 0 Å². The van der Waals surface area contributed by atoms with Crippen molar-refractivity contribution in [3.8, 4) is 11.3 Å². The second kappa shape index (κ2) is 5.52. The van der Waals surface area contributed by atoms with Gasteiger partial charge in [-0.15, -0.1) is 0 Å². The van der Waals surface area contributed by atoms with Crippen LogP contribution in [0.5, 0.6) is 0 Å². The molecule has 0 fully saturated rings. The van der Waals surface area contributed by atoms with Crippen molar-refractivity contribution >= 4 is 0 Å². The van der Waals surface area contributed by atoms with Crippen LogP contribution in [0.1, 0.15) is 26.0 Å². The molecule has 0 amide bonds. The third kappa shape index (κ3) is 4.07. The fourth-order valence-electron chi connectivity index (χ4n) is 1.96. The highest BCUT2D eigenvalue weighted by molar-refractivity contribution is 5.59. The minimum Gasteiger partial charge on any atom is -0.325 e. The number of aromatic nitrogens is 2. The van der Waals surface area contributed by atoms with E-state index in [0.717, 1.165) is 10.7 Å². The smallest absolute Gasteiger partial charge is 0.325 e. The number of benzene rings is 1. The van der Waals surface area contributed by atoms with Crippen LogP contribution in [0, 0.1) is 0 Å². The maximum absolute atomic E-state index is 13.1. The molecule has 1 aromatic carbocycles. The molecule has 0 saturated carbocycles. The lowest BCUT2D eigenvalue weighted by Gasteiger charge is -2.19. The molecule has 0 radical (unpaired) electrons. The monoisotopic (exact) mass is 297 g/mol. The lowest BCUT2D eigenvalue weighted by molar-refractivity contribution is -0.144. The van der Waals surface area contributed by atoms with Gasteiger partial charge in [-0.3, -0.25) is 4.68 Å². The van der Waals surface area contributed by atoms with Crippen LogP contribution in [0.25, 0.3) is 11.3 Å². The van der Waals surface area contributed by atoms with E-state index in [1.165, 1.54) is 0 Å². The Labute approximate surface area is 121 Å². The van der Waals surface area contributed by atoms with Crippen LogP contribution in [0.15, 0.2) is 36.4 Å². The summed E-state index contributed by atoms with van der Waals surface area (Å²) >= 11 is 0. The second-order valence-corrected chi connectivity index (χ2v) is 5.74. The maximum Gasteiger partial charge on any atom is 0.433 e. The van der Waals surface area contributed by atoms with Gasteiger partial charge in [-0.25, -0.2) is 0 Å². The van der Waals surface area contributed by atoms with Crippen molar-refractivity contribution in [3.05, 3.63) is 42.1 Å². The minimum absolute atomic E-state index is 0.130. The second-order valence-electron chi connectivity index (χ2n) is 5.74. The number of rotatable bonds is 4. The first-order valence-corrected chi connectivity index (χ1v) is 6.66. The average Bonchev–Trinajstić information content (AvgIpc) is 2.81. The summed E-state index contributed by atoms with van der Waals surface area (Å²) in [4.78, 5) is 0. The lowest BCUT2D eigenvalue weighted by Crippen LogP contribution is -2.33. The van der Waals surface area contributed by atoms with E-state index in [2.05, 4.69) is 5.10 Å². The molecule has 0 atom stereocenters. The van der Waals surface area contributed by atoms with Crippen LogP contribution in [-0.2, 0) is 12.7 Å². The van der Waals surface area contributed by atoms with Crippen LogP contribution in [0.3, 0.4) is 0 Å². The van der Waals surface area contributed by atoms with Gasteiger partial charge in [0.05, 0.1) is 5.69 Å². The third-order valence-corrected chi connectivity index (χ3v) is 3.11. The van der Waals surface area contributed by atoms with Crippen molar-refractivity contribution in [1.82, 2.24) is 9.78 Å². The topological polar surface area (TPSA) is 43.8 Å². The van der Waals surface area contributed by atoms with Crippen molar-refractivity contribution in [3.63, 3.8) is 0 Å². The Hall–Kier alpha value is -1.82. The van der Waals surface area contributed by atoms with Gasteiger partial charge in [-0.05, 0) is 26.3 Å². The Balaban J connectivity index is 2.36. The summed E-state index contributed by atoms with van der Waals surface area (Å²) in [6.07, 6.45) is -4.02. The molecule has 0 aliphatic rings. The van der Waals surface area contributed by atoms with Gasteiger partial charge in [0, 0.05) is 17.6 Å². The van der Waals surface area contributed by atoms with E-state index < -0.39 is 17.4 Å². The molecule has 2 rings (SSSR count). The van der Waals surface area contributed by atoms with Crippen LogP contribution in [0.2, 0.25) is 0 Å². The summed E-state index contributed by atoms with van der Waals surface area (Å²) in [5.74, 6) is 0. The summed E-state index contributed by atoms with van der Waals surface area (Å²) in [7, 11) is 0. The van der Waals surface area contributed by atoms with Gasteiger partial charge >= 0.3 is 6.18 Å². The fourth-order valence-corrected chi connectivity index (χ4v) is 1.96. The number of nitrogens with zero attached hydrogens (tertiary/aromatic N) is 2. The molecule has 1 heterocycles. The zero-order valence-electron chi connectivity index (χ0n) is 12.0. The van der Waals surface area contributed by atoms with E-state index in [4.69, 9.17) is 5.73 Å². The molecule has 0 unspecified atom stereocenters. The zero-order chi connectivity index (χ0) is 15.7. The minimum atomic E-state index is -4.43. The van der Waals surface area contributed by atoms with Crippen LogP contribution in [-0.4, -0.2) is 15.3 Å². The molecule has 0 bridgehead atoms. The quantitative estimate of drug-likeness (QED) is 0.935. The van der Waals surface area contributed by atoms with E-state index in [-0.39, 0.29) is 6.54 Å². The molecule has 21 heavy (non-hydrogen) atoms. The third-order valence-electron chi connectivity index (χ3n) is 3.11. The largest absolute Gasteiger partial charge is 0.433 e. The highest BCUT2D eigenvalue weighted by Crippen LogP contribution is 2.32. The van der Waals surface area contributed by atoms with Crippen molar-refractivity contribution in [2.75, 3.05) is 0 Å². The van der Waals surface area contributed by atoms with Crippen LogP contribution < -0.4 is 5.73 Å². The maximum atomic E-state index is 13.1. The molecule has 114 valence electrons. The molecule has 6 heteroatoms. The van der Waals surface area contributed by atoms with Gasteiger partial charge in [0.1, 0.15) is 5.69 Å². The van der Waals surface area contributed by atoms with E-state index >= 15 is 0 Å². The van der Waals surface area contributed by atoms with Gasteiger partial charge < -0.3 is 5.73 Å². The SMILES string of the molecule is CC(C)(N)CCn1nc(-c2ccccc2)cc1C(F)(F)F. The van der Waals surface area contributed by atoms with E-state index in [9.17, 15) is 13.2 Å². The molecule has 2 N–H and O–H groups in total. The molecule has 0 spiro atoms. The number of hydrogen-bond donors (Lipinski definition) is 1. The molecule has 0 aliphatic heterocycles. The Kier molecular flexibility index (Phi) is 4.09. The first-order valence-electron chi connectivity index (χ1n) is 6.66. The Morgan fingerprint density at radius 1 is 1.14 bits per heavy atom. The van der Waals surface area contributed by atoms with Crippen molar-refractivity contribution in [1.29, 1.82) is 0 Å². The Morgan fingerprint density at radius 2 is 1.76 bits per heavy atom. The number of halogens is 3. The number of alkyl halides is 3. The first kappa shape index (κ1) is 15.6. The van der Waals surface area contributed by atoms with Crippen LogP contribution >= 0.6 is 0 Å². The predicted octanol–water partition coefficient (Wildman–Crippen LogP) is 3.70. The highest BCUT2D eigenvalue weighted by Gasteiger charge is 2.36. The molecular weight excluding hydrogens is 279 g/mol. The molecule has 3 nitrogen and oxygen atoms in total. The van der Waals surface area contributed by atoms with Crippen molar-refractivity contribution < 1.29 is 13.2 Å². The van der Waals surface area contributed by atoms with E-state index in [1.54, 1.807) is 38.1 Å². The van der Waals surface area contributed by atoms with Crippen molar-refractivity contribution in [2.45, 2.75) is 38.5 Å². The Bertz CT molecular complexity index is 595. The number of hydrogen-bond acceptors (Lipinski definition) is 2. The number of aryl methyl sites for hydroxylation is 1. The normalized spacial score (nSPS) is 12.7. The molecule has 1 aromatic heterocycles. The van der Waals surface area contributed by atoms with Gasteiger partial charge in [0.2, 0.25) is 0 Å². The standard InChI is InChI=1S/C15H18F3N3/c1-14(2,19)8-9-21-13(15(16,17)18)10-12(20-21)11-6-4-3-5-7-11/h3-7,10H,8-9,19H2,1-2H3. The van der Waals surface area contributed by atoms with Crippen molar-refractivity contribution in [2.24, 2.45) is 5.73 Å². The fraction of sp³-hybridized carbons (Fsp3) is 0.400. The zero-order valence-corrected chi connectivity index (χ0v) is 12.0. The first-order chi connectivity index (χ1) is 9.67. The average molecular weight is 297 g/mol. The lowest BCUT2D eigenvalue weighted by atomic mass is 10.0. The predicted molar refractivity (Wildman–Crippen MR) is 75.5 cm³/mol. The van der Waals surface area contributed by atoms with Gasteiger partial charge in [-0.2, -0.15) is 18.3 Å². The number of nitrogens with two attached hydrogens (primary N) is 1. The molecular formula is C15H18F3N3. The summed E-state index contributed by atoms with van der Waals surface area (Å²) in [5.41, 5.74) is 5.53. The summed E-state index contributed by atoms with van der Waals surface area (Å²) in [6.45, 7) is 3.69. The Morgan fingerprint density at radius 3 is 2.29 bits per heavy atom. The van der Waals surface area contributed by atoms with Gasteiger partial charge in [0.25, 0.3) is 0 Å². The van der Waals surface area contributed by atoms with E-state index in [1.807, 2.05) is 6.07 Å². The molecule has 0 aliphatic carbocycles. The van der Waals surface area contributed by atoms with E-state index in [0.29, 0.717) is 17.7 Å². The molecule has 0 saturated heterocycles. The van der Waals surface area contributed by atoms with Gasteiger partial charge in [-0.1, -0.05) is 30.3 Å². The molecule has 2 aromatic rings. The summed E-state index contributed by atoms with van der Waals surface area (Å²) in [5, 5.41) is 4.09. The highest BCUT2D eigenvalue weighted by atomic mass is 19.4.